The molecule has 1 aliphatic rings. The molecule has 0 aromatic carbocycles. The van der Waals surface area contributed by atoms with E-state index in [1.165, 1.54) is 24.9 Å². The maximum atomic E-state index is 5.65. The van der Waals surface area contributed by atoms with Gasteiger partial charge < -0.3 is 4.98 Å². The van der Waals surface area contributed by atoms with Gasteiger partial charge in [0.05, 0.1) is 5.69 Å². The Kier molecular flexibility index (Phi) is 3.95. The molecule has 1 N–H and O–H groups in total. The van der Waals surface area contributed by atoms with E-state index in [0.29, 0.717) is 12.0 Å². The van der Waals surface area contributed by atoms with Crippen molar-refractivity contribution in [3.8, 4) is 0 Å². The molecule has 2 aromatic heterocycles. The van der Waals surface area contributed by atoms with Gasteiger partial charge in [0, 0.05) is 13.1 Å². The molecule has 5 heteroatoms. The fourth-order valence-electron chi connectivity index (χ4n) is 3.87. The predicted molar refractivity (Wildman–Crippen MR) is 89.1 cm³/mol. The second-order valence-corrected chi connectivity index (χ2v) is 7.04. The van der Waals surface area contributed by atoms with E-state index in [2.05, 4.69) is 30.3 Å². The highest BCUT2D eigenvalue weighted by atomic mass is 32.1. The Labute approximate surface area is 131 Å². The molecule has 1 saturated carbocycles. The van der Waals surface area contributed by atoms with Gasteiger partial charge in [-0.1, -0.05) is 40.0 Å². The normalized spacial score (nSPS) is 26.6. The minimum Gasteiger partial charge on any atom is -0.328 e. The summed E-state index contributed by atoms with van der Waals surface area (Å²) in [7, 11) is 2.04. The Morgan fingerprint density at radius 1 is 1.33 bits per heavy atom. The summed E-state index contributed by atoms with van der Waals surface area (Å²) in [6.07, 6.45) is 5.97. The van der Waals surface area contributed by atoms with Crippen molar-refractivity contribution in [2.75, 3.05) is 0 Å². The van der Waals surface area contributed by atoms with Crippen molar-refractivity contribution in [3.05, 3.63) is 10.5 Å². The zero-order valence-electron chi connectivity index (χ0n) is 13.5. The molecule has 4 nitrogen and oxygen atoms in total. The van der Waals surface area contributed by atoms with Crippen LogP contribution in [-0.4, -0.2) is 19.3 Å². The van der Waals surface area contributed by atoms with Crippen molar-refractivity contribution >= 4 is 23.4 Å². The summed E-state index contributed by atoms with van der Waals surface area (Å²) in [5.74, 6) is 1.42. The minimum absolute atomic E-state index is 0.500. The van der Waals surface area contributed by atoms with Crippen LogP contribution in [-0.2, 0) is 13.5 Å². The van der Waals surface area contributed by atoms with Gasteiger partial charge >= 0.3 is 0 Å². The molecule has 21 heavy (non-hydrogen) atoms. The topological polar surface area (TPSA) is 38.5 Å². The molecule has 3 atom stereocenters. The summed E-state index contributed by atoms with van der Waals surface area (Å²) in [6.45, 7) is 6.94. The summed E-state index contributed by atoms with van der Waals surface area (Å²) in [5, 5.41) is 4.70. The van der Waals surface area contributed by atoms with Crippen LogP contribution in [0.5, 0.6) is 0 Å². The van der Waals surface area contributed by atoms with Gasteiger partial charge in [-0.25, -0.2) is 0 Å². The van der Waals surface area contributed by atoms with E-state index in [-0.39, 0.29) is 0 Å². The Morgan fingerprint density at radius 3 is 2.81 bits per heavy atom. The maximum Gasteiger partial charge on any atom is 0.179 e. The van der Waals surface area contributed by atoms with Crippen LogP contribution in [0.1, 0.15) is 58.2 Å². The fraction of sp³-hybridized carbons (Fsp3) is 0.750. The molecule has 0 aliphatic heterocycles. The molecular formula is C16H26N4S. The lowest BCUT2D eigenvalue weighted by Gasteiger charge is -2.35. The van der Waals surface area contributed by atoms with Gasteiger partial charge in [-0.05, 0) is 36.9 Å². The number of nitrogens with one attached hydrogen (secondary N) is 1. The van der Waals surface area contributed by atoms with E-state index in [9.17, 15) is 0 Å². The first-order valence-electron chi connectivity index (χ1n) is 8.20. The zero-order chi connectivity index (χ0) is 15.1. The number of H-pyrrole nitrogens is 1. The second kappa shape index (κ2) is 5.59. The van der Waals surface area contributed by atoms with Gasteiger partial charge in [0.25, 0.3) is 0 Å². The summed E-state index contributed by atoms with van der Waals surface area (Å²) in [4.78, 5) is 3.43. The molecule has 0 amide bonds. The van der Waals surface area contributed by atoms with E-state index < -0.39 is 0 Å². The smallest absolute Gasteiger partial charge is 0.179 e. The van der Waals surface area contributed by atoms with Crippen molar-refractivity contribution in [1.29, 1.82) is 0 Å². The van der Waals surface area contributed by atoms with Crippen molar-refractivity contribution in [2.45, 2.75) is 58.9 Å². The van der Waals surface area contributed by atoms with Crippen LogP contribution in [0.4, 0.5) is 0 Å². The number of aromatic amines is 1. The summed E-state index contributed by atoms with van der Waals surface area (Å²) < 4.78 is 5.22. The molecule has 0 spiro atoms. The Bertz CT molecular complexity index is 693. The minimum atomic E-state index is 0.500. The van der Waals surface area contributed by atoms with Gasteiger partial charge in [-0.2, -0.15) is 5.10 Å². The van der Waals surface area contributed by atoms with E-state index in [4.69, 9.17) is 17.3 Å². The number of hydrogen-bond donors (Lipinski definition) is 1. The van der Waals surface area contributed by atoms with Gasteiger partial charge in [0.15, 0.2) is 10.4 Å². The predicted octanol–water partition coefficient (Wildman–Crippen LogP) is 4.38. The van der Waals surface area contributed by atoms with E-state index in [0.717, 1.165) is 34.7 Å². The number of aryl methyl sites for hydroxylation is 2. The lowest BCUT2D eigenvalue weighted by molar-refractivity contribution is 0.187. The molecule has 2 aromatic rings. The summed E-state index contributed by atoms with van der Waals surface area (Å²) >= 11 is 5.65. The number of nitrogens with zero attached hydrogens (tertiary/aromatic N) is 3. The largest absolute Gasteiger partial charge is 0.328 e. The number of rotatable bonds is 3. The number of imidazole rings is 1. The van der Waals surface area contributed by atoms with Crippen LogP contribution >= 0.6 is 12.2 Å². The summed E-state index contributed by atoms with van der Waals surface area (Å²) in [6, 6.07) is 0.500. The van der Waals surface area contributed by atoms with Gasteiger partial charge in [0.1, 0.15) is 5.52 Å². The molecular weight excluding hydrogens is 280 g/mol. The van der Waals surface area contributed by atoms with E-state index >= 15 is 0 Å². The number of hydrogen-bond acceptors (Lipinski definition) is 2. The summed E-state index contributed by atoms with van der Waals surface area (Å²) in [5.41, 5.74) is 3.47. The molecule has 0 saturated heterocycles. The maximum absolute atomic E-state index is 5.65. The Morgan fingerprint density at radius 2 is 2.10 bits per heavy atom. The molecule has 1 aliphatic carbocycles. The molecule has 3 unspecified atom stereocenters. The molecule has 1 fully saturated rings. The van der Waals surface area contributed by atoms with Crippen molar-refractivity contribution in [1.82, 2.24) is 19.3 Å². The molecule has 116 valence electrons. The van der Waals surface area contributed by atoms with Gasteiger partial charge in [0.2, 0.25) is 0 Å². The highest BCUT2D eigenvalue weighted by molar-refractivity contribution is 7.71. The molecule has 2 heterocycles. The third-order valence-electron chi connectivity index (χ3n) is 5.25. The van der Waals surface area contributed by atoms with Gasteiger partial charge in [-0.15, -0.1) is 0 Å². The lowest BCUT2D eigenvalue weighted by atomic mass is 9.78. The third-order valence-corrected chi connectivity index (χ3v) is 5.55. The lowest BCUT2D eigenvalue weighted by Crippen LogP contribution is -2.27. The zero-order valence-corrected chi connectivity index (χ0v) is 14.3. The average Bonchev–Trinajstić information content (AvgIpc) is 2.92. The second-order valence-electron chi connectivity index (χ2n) is 6.65. The first kappa shape index (κ1) is 14.8. The Balaban J connectivity index is 2.14. The highest BCUT2D eigenvalue weighted by Crippen LogP contribution is 2.39. The van der Waals surface area contributed by atoms with Gasteiger partial charge in [-0.3, -0.25) is 9.25 Å². The Hall–Kier alpha value is -1.10. The highest BCUT2D eigenvalue weighted by Gasteiger charge is 2.31. The van der Waals surface area contributed by atoms with Crippen molar-refractivity contribution in [2.24, 2.45) is 18.9 Å². The van der Waals surface area contributed by atoms with Crippen LogP contribution in [0.15, 0.2) is 0 Å². The van der Waals surface area contributed by atoms with E-state index in [1.54, 1.807) is 0 Å². The fourth-order valence-corrected chi connectivity index (χ4v) is 4.20. The first-order chi connectivity index (χ1) is 10.0. The molecule has 0 radical (unpaired) electrons. The number of aromatic nitrogens is 4. The van der Waals surface area contributed by atoms with Crippen LogP contribution < -0.4 is 0 Å². The third kappa shape index (κ3) is 2.35. The average molecular weight is 306 g/mol. The van der Waals surface area contributed by atoms with Crippen LogP contribution in [0.3, 0.4) is 0 Å². The molecule has 0 bridgehead atoms. The first-order valence-corrected chi connectivity index (χ1v) is 8.61. The SMILES string of the molecule is CCCc1nn(C)c2c1[nH]c(=S)n2C1CCCC(C)C1C. The van der Waals surface area contributed by atoms with Crippen molar-refractivity contribution in [3.63, 3.8) is 0 Å². The van der Waals surface area contributed by atoms with Crippen LogP contribution in [0.2, 0.25) is 0 Å². The van der Waals surface area contributed by atoms with Crippen LogP contribution in [0.25, 0.3) is 11.2 Å². The van der Waals surface area contributed by atoms with Crippen molar-refractivity contribution < 1.29 is 0 Å². The quantitative estimate of drug-likeness (QED) is 0.855. The number of fused-ring (bicyclic) bond motifs is 1. The molecule has 3 rings (SSSR count). The standard InChI is InChI=1S/C16H26N4S/c1-5-7-12-14-15(19(4)18-12)20(16(21)17-14)13-9-6-8-10(2)11(13)3/h10-11,13H,5-9H2,1-4H3,(H,17,21). The van der Waals surface area contributed by atoms with Crippen LogP contribution in [0, 0.1) is 16.6 Å². The van der Waals surface area contributed by atoms with E-state index in [1.807, 2.05) is 11.7 Å². The monoisotopic (exact) mass is 306 g/mol.